The summed E-state index contributed by atoms with van der Waals surface area (Å²) in [5.41, 5.74) is 1.79. The molecule has 2 aliphatic rings. The zero-order chi connectivity index (χ0) is 11.0. The second kappa shape index (κ2) is 3.80. The highest BCUT2D eigenvalue weighted by molar-refractivity contribution is 5.48. The Kier molecular flexibility index (Phi) is 2.30. The third-order valence-corrected chi connectivity index (χ3v) is 3.47. The van der Waals surface area contributed by atoms with Crippen LogP contribution < -0.4 is 5.32 Å². The average Bonchev–Trinajstić information content (AvgIpc) is 2.92. The summed E-state index contributed by atoms with van der Waals surface area (Å²) < 4.78 is 5.79. The van der Waals surface area contributed by atoms with Gasteiger partial charge in [-0.2, -0.15) is 5.26 Å². The van der Waals surface area contributed by atoms with E-state index in [1.165, 1.54) is 12.8 Å². The van der Waals surface area contributed by atoms with Crippen molar-refractivity contribution < 1.29 is 4.74 Å². The Hall–Kier alpha value is -1.53. The molecule has 0 saturated carbocycles. The molecule has 3 atom stereocenters. The summed E-state index contributed by atoms with van der Waals surface area (Å²) in [6.07, 6.45) is 4.38. The van der Waals surface area contributed by atoms with Crippen molar-refractivity contribution in [2.24, 2.45) is 0 Å². The summed E-state index contributed by atoms with van der Waals surface area (Å²) in [6, 6.07) is 10.2. The number of ether oxygens (including phenoxy) is 1. The Bertz CT molecular complexity index is 421. The van der Waals surface area contributed by atoms with Gasteiger partial charge in [0.05, 0.1) is 29.9 Å². The normalized spacial score (nSPS) is 31.3. The van der Waals surface area contributed by atoms with Crippen molar-refractivity contribution in [2.45, 2.75) is 37.5 Å². The van der Waals surface area contributed by atoms with E-state index in [4.69, 9.17) is 10.00 Å². The molecule has 0 spiro atoms. The third kappa shape index (κ3) is 1.66. The van der Waals surface area contributed by atoms with Crippen LogP contribution in [0.25, 0.3) is 0 Å². The van der Waals surface area contributed by atoms with E-state index in [1.807, 2.05) is 24.3 Å². The molecule has 2 heterocycles. The van der Waals surface area contributed by atoms with Crippen LogP contribution in [-0.2, 0) is 4.74 Å². The second-order valence-electron chi connectivity index (χ2n) is 4.55. The van der Waals surface area contributed by atoms with Gasteiger partial charge in [-0.1, -0.05) is 0 Å². The van der Waals surface area contributed by atoms with Crippen molar-refractivity contribution in [1.82, 2.24) is 0 Å². The van der Waals surface area contributed by atoms with Crippen LogP contribution in [0.1, 0.15) is 24.8 Å². The lowest BCUT2D eigenvalue weighted by molar-refractivity contribution is 0.102. The van der Waals surface area contributed by atoms with E-state index in [0.717, 1.165) is 12.1 Å². The van der Waals surface area contributed by atoms with Crippen LogP contribution in [0.4, 0.5) is 5.69 Å². The van der Waals surface area contributed by atoms with Crippen LogP contribution in [0.3, 0.4) is 0 Å². The lowest BCUT2D eigenvalue weighted by Crippen LogP contribution is -2.30. The summed E-state index contributed by atoms with van der Waals surface area (Å²) in [5, 5.41) is 12.2. The first-order valence-corrected chi connectivity index (χ1v) is 5.77. The zero-order valence-corrected chi connectivity index (χ0v) is 9.02. The number of hydrogen-bond donors (Lipinski definition) is 1. The van der Waals surface area contributed by atoms with Gasteiger partial charge in [-0.05, 0) is 43.5 Å². The van der Waals surface area contributed by atoms with E-state index in [1.54, 1.807) is 0 Å². The number of nitrogens with one attached hydrogen (secondary N) is 1. The molecule has 0 aliphatic carbocycles. The SMILES string of the molecule is N#Cc1ccc(NC2CC3CCC2O3)cc1. The van der Waals surface area contributed by atoms with Crippen molar-refractivity contribution >= 4 is 5.69 Å². The van der Waals surface area contributed by atoms with Crippen molar-refractivity contribution in [1.29, 1.82) is 5.26 Å². The van der Waals surface area contributed by atoms with Gasteiger partial charge >= 0.3 is 0 Å². The van der Waals surface area contributed by atoms with Crippen molar-refractivity contribution in [3.63, 3.8) is 0 Å². The molecule has 3 nitrogen and oxygen atoms in total. The summed E-state index contributed by atoms with van der Waals surface area (Å²) in [5.74, 6) is 0. The summed E-state index contributed by atoms with van der Waals surface area (Å²) in [4.78, 5) is 0. The minimum atomic E-state index is 0.389. The maximum atomic E-state index is 8.71. The van der Waals surface area contributed by atoms with Crippen LogP contribution in [0.15, 0.2) is 24.3 Å². The van der Waals surface area contributed by atoms with E-state index >= 15 is 0 Å². The van der Waals surface area contributed by atoms with E-state index in [9.17, 15) is 0 Å². The lowest BCUT2D eigenvalue weighted by atomic mass is 9.95. The van der Waals surface area contributed by atoms with Crippen molar-refractivity contribution in [3.8, 4) is 6.07 Å². The molecular weight excluding hydrogens is 200 g/mol. The quantitative estimate of drug-likeness (QED) is 0.821. The number of nitrogens with zero attached hydrogens (tertiary/aromatic N) is 1. The minimum Gasteiger partial charge on any atom is -0.380 e. The molecule has 1 aromatic carbocycles. The molecule has 2 bridgehead atoms. The molecule has 3 heteroatoms. The van der Waals surface area contributed by atoms with Gasteiger partial charge < -0.3 is 10.1 Å². The van der Waals surface area contributed by atoms with Gasteiger partial charge in [0.15, 0.2) is 0 Å². The number of anilines is 1. The van der Waals surface area contributed by atoms with Gasteiger partial charge in [0.2, 0.25) is 0 Å². The molecule has 2 aliphatic heterocycles. The monoisotopic (exact) mass is 214 g/mol. The smallest absolute Gasteiger partial charge is 0.0991 e. The van der Waals surface area contributed by atoms with Crippen LogP contribution >= 0.6 is 0 Å². The number of nitriles is 1. The molecule has 2 fully saturated rings. The Morgan fingerprint density at radius 1 is 1.25 bits per heavy atom. The molecule has 1 N–H and O–H groups in total. The summed E-state index contributed by atoms with van der Waals surface area (Å²) in [7, 11) is 0. The number of fused-ring (bicyclic) bond motifs is 2. The molecule has 0 aromatic heterocycles. The molecule has 3 rings (SSSR count). The fraction of sp³-hybridized carbons (Fsp3) is 0.462. The highest BCUT2D eigenvalue weighted by Gasteiger charge is 2.40. The third-order valence-electron chi connectivity index (χ3n) is 3.47. The maximum Gasteiger partial charge on any atom is 0.0991 e. The van der Waals surface area contributed by atoms with Crippen molar-refractivity contribution in [3.05, 3.63) is 29.8 Å². The van der Waals surface area contributed by atoms with Gasteiger partial charge in [0.25, 0.3) is 0 Å². The first-order valence-electron chi connectivity index (χ1n) is 5.77. The van der Waals surface area contributed by atoms with Gasteiger partial charge in [-0.15, -0.1) is 0 Å². The Morgan fingerprint density at radius 3 is 2.62 bits per heavy atom. The molecule has 1 aromatic rings. The standard InChI is InChI=1S/C13H14N2O/c14-8-9-1-3-10(4-2-9)15-12-7-11-5-6-13(12)16-11/h1-4,11-13,15H,5-7H2. The topological polar surface area (TPSA) is 45.0 Å². The van der Waals surface area contributed by atoms with Crippen molar-refractivity contribution in [2.75, 3.05) is 5.32 Å². The van der Waals surface area contributed by atoms with Gasteiger partial charge in [-0.25, -0.2) is 0 Å². The van der Waals surface area contributed by atoms with E-state index in [0.29, 0.717) is 23.8 Å². The summed E-state index contributed by atoms with van der Waals surface area (Å²) in [6.45, 7) is 0. The molecule has 0 amide bonds. The predicted molar refractivity (Wildman–Crippen MR) is 61.1 cm³/mol. The molecule has 82 valence electrons. The highest BCUT2D eigenvalue weighted by atomic mass is 16.5. The van der Waals surface area contributed by atoms with Crippen LogP contribution in [-0.4, -0.2) is 18.2 Å². The highest BCUT2D eigenvalue weighted by Crippen LogP contribution is 2.35. The van der Waals surface area contributed by atoms with Crippen LogP contribution in [0.5, 0.6) is 0 Å². The van der Waals surface area contributed by atoms with E-state index in [2.05, 4.69) is 11.4 Å². The number of hydrogen-bond acceptors (Lipinski definition) is 3. The van der Waals surface area contributed by atoms with Gasteiger partial charge in [0, 0.05) is 5.69 Å². The first-order chi connectivity index (χ1) is 7.85. The van der Waals surface area contributed by atoms with E-state index in [-0.39, 0.29) is 0 Å². The first kappa shape index (κ1) is 9.68. The predicted octanol–water partition coefficient (Wildman–Crippen LogP) is 2.29. The molecule has 16 heavy (non-hydrogen) atoms. The Labute approximate surface area is 95.0 Å². The molecule has 3 unspecified atom stereocenters. The van der Waals surface area contributed by atoms with Crippen LogP contribution in [0, 0.1) is 11.3 Å². The maximum absolute atomic E-state index is 8.71. The Morgan fingerprint density at radius 2 is 2.06 bits per heavy atom. The zero-order valence-electron chi connectivity index (χ0n) is 9.02. The molecule has 0 radical (unpaired) electrons. The fourth-order valence-electron chi connectivity index (χ4n) is 2.64. The largest absolute Gasteiger partial charge is 0.380 e. The van der Waals surface area contributed by atoms with E-state index < -0.39 is 0 Å². The summed E-state index contributed by atoms with van der Waals surface area (Å²) >= 11 is 0. The Balaban J connectivity index is 1.68. The van der Waals surface area contributed by atoms with Gasteiger partial charge in [-0.3, -0.25) is 0 Å². The molecule has 2 saturated heterocycles. The lowest BCUT2D eigenvalue weighted by Gasteiger charge is -2.21. The van der Waals surface area contributed by atoms with Gasteiger partial charge in [0.1, 0.15) is 0 Å². The molecular formula is C13H14N2O. The number of benzene rings is 1. The second-order valence-corrected chi connectivity index (χ2v) is 4.55. The average molecular weight is 214 g/mol. The van der Waals surface area contributed by atoms with Crippen LogP contribution in [0.2, 0.25) is 0 Å². The number of rotatable bonds is 2. The minimum absolute atomic E-state index is 0.389. The fourth-order valence-corrected chi connectivity index (χ4v) is 2.64.